The van der Waals surface area contributed by atoms with Crippen molar-refractivity contribution >= 4 is 5.69 Å². The quantitative estimate of drug-likeness (QED) is 0.818. The fourth-order valence-corrected chi connectivity index (χ4v) is 1.40. The molecule has 0 unspecified atom stereocenters. The molecule has 0 amide bonds. The Labute approximate surface area is 88.4 Å². The van der Waals surface area contributed by atoms with Crippen LogP contribution in [0.15, 0.2) is 18.2 Å². The van der Waals surface area contributed by atoms with E-state index in [-0.39, 0.29) is 12.2 Å². The van der Waals surface area contributed by atoms with Crippen LogP contribution in [0, 0.1) is 17.1 Å². The second-order valence-electron chi connectivity index (χ2n) is 3.23. The van der Waals surface area contributed by atoms with Crippen LogP contribution in [-0.2, 0) is 6.61 Å². The van der Waals surface area contributed by atoms with Gasteiger partial charge >= 0.3 is 0 Å². The molecular weight excluding hydrogens is 195 g/mol. The van der Waals surface area contributed by atoms with Crippen molar-refractivity contribution in [2.75, 3.05) is 18.5 Å². The minimum atomic E-state index is -0.418. The number of hydrogen-bond donors (Lipinski definition) is 1. The third kappa shape index (κ3) is 2.67. The first kappa shape index (κ1) is 11.5. The molecule has 0 radical (unpaired) electrons. The van der Waals surface area contributed by atoms with Gasteiger partial charge in [0.15, 0.2) is 0 Å². The minimum Gasteiger partial charge on any atom is -0.391 e. The second kappa shape index (κ2) is 5.32. The number of hydrogen-bond acceptors (Lipinski definition) is 3. The van der Waals surface area contributed by atoms with E-state index >= 15 is 0 Å². The molecule has 4 heteroatoms. The fourth-order valence-electron chi connectivity index (χ4n) is 1.40. The Balaban J connectivity index is 2.93. The molecule has 0 aromatic heterocycles. The van der Waals surface area contributed by atoms with Crippen molar-refractivity contribution in [3.05, 3.63) is 29.6 Å². The highest BCUT2D eigenvalue weighted by molar-refractivity contribution is 5.53. The number of aliphatic hydroxyl groups excluding tert-OH is 1. The van der Waals surface area contributed by atoms with Gasteiger partial charge < -0.3 is 10.0 Å². The van der Waals surface area contributed by atoms with Crippen LogP contribution in [0.25, 0.3) is 0 Å². The molecule has 1 aromatic rings. The Morgan fingerprint density at radius 1 is 1.53 bits per heavy atom. The lowest BCUT2D eigenvalue weighted by Gasteiger charge is -2.20. The van der Waals surface area contributed by atoms with Gasteiger partial charge in [-0.2, -0.15) is 5.26 Å². The maximum Gasteiger partial charge on any atom is 0.130 e. The monoisotopic (exact) mass is 208 g/mol. The van der Waals surface area contributed by atoms with Gasteiger partial charge in [-0.05, 0) is 12.1 Å². The molecule has 0 atom stereocenters. The van der Waals surface area contributed by atoms with Crippen molar-refractivity contribution in [2.24, 2.45) is 0 Å². The zero-order valence-corrected chi connectivity index (χ0v) is 8.57. The highest BCUT2D eigenvalue weighted by Gasteiger charge is 2.10. The van der Waals surface area contributed by atoms with E-state index in [0.717, 1.165) is 0 Å². The standard InChI is InChI=1S/C11H13FN2O/c1-14(7-3-6-13)11-5-2-4-10(12)9(11)8-15/h2,4-5,15H,3,7-8H2,1H3. The molecule has 3 nitrogen and oxygen atoms in total. The Hall–Kier alpha value is -1.60. The lowest BCUT2D eigenvalue weighted by atomic mass is 10.1. The number of nitrogens with zero attached hydrogens (tertiary/aromatic N) is 2. The van der Waals surface area contributed by atoms with Crippen LogP contribution in [0.1, 0.15) is 12.0 Å². The van der Waals surface area contributed by atoms with E-state index in [1.165, 1.54) is 6.07 Å². The van der Waals surface area contributed by atoms with Crippen molar-refractivity contribution in [1.29, 1.82) is 5.26 Å². The first-order valence-electron chi connectivity index (χ1n) is 4.67. The van der Waals surface area contributed by atoms with E-state index in [4.69, 9.17) is 10.4 Å². The van der Waals surface area contributed by atoms with Gasteiger partial charge in [-0.25, -0.2) is 4.39 Å². The van der Waals surface area contributed by atoms with Gasteiger partial charge in [0.25, 0.3) is 0 Å². The summed E-state index contributed by atoms with van der Waals surface area (Å²) in [4.78, 5) is 1.76. The molecule has 0 bridgehead atoms. The fraction of sp³-hybridized carbons (Fsp3) is 0.364. The summed E-state index contributed by atoms with van der Waals surface area (Å²) in [6.45, 7) is 0.186. The van der Waals surface area contributed by atoms with Crippen LogP contribution in [-0.4, -0.2) is 18.7 Å². The normalized spacial score (nSPS) is 9.73. The maximum absolute atomic E-state index is 13.3. The zero-order valence-electron chi connectivity index (χ0n) is 8.57. The smallest absolute Gasteiger partial charge is 0.130 e. The lowest BCUT2D eigenvalue weighted by molar-refractivity contribution is 0.276. The van der Waals surface area contributed by atoms with E-state index in [1.807, 2.05) is 6.07 Å². The molecule has 1 rings (SSSR count). The summed E-state index contributed by atoms with van der Waals surface area (Å²) < 4.78 is 13.3. The van der Waals surface area contributed by atoms with Crippen LogP contribution in [0.4, 0.5) is 10.1 Å². The van der Waals surface area contributed by atoms with E-state index in [0.29, 0.717) is 18.7 Å². The Kier molecular flexibility index (Phi) is 4.07. The van der Waals surface area contributed by atoms with Crippen LogP contribution in [0.5, 0.6) is 0 Å². The molecule has 80 valence electrons. The minimum absolute atomic E-state index is 0.276. The molecule has 0 aliphatic rings. The van der Waals surface area contributed by atoms with Gasteiger partial charge in [-0.3, -0.25) is 0 Å². The third-order valence-corrected chi connectivity index (χ3v) is 2.22. The molecule has 0 fully saturated rings. The van der Waals surface area contributed by atoms with E-state index in [2.05, 4.69) is 0 Å². The van der Waals surface area contributed by atoms with E-state index in [1.54, 1.807) is 24.1 Å². The Bertz CT molecular complexity index is 373. The summed E-state index contributed by atoms with van der Waals surface area (Å²) >= 11 is 0. The number of halogens is 1. The van der Waals surface area contributed by atoms with Crippen LogP contribution in [0.3, 0.4) is 0 Å². The molecule has 0 spiro atoms. The van der Waals surface area contributed by atoms with Gasteiger partial charge in [0.2, 0.25) is 0 Å². The molecule has 0 aliphatic carbocycles. The number of nitriles is 1. The predicted octanol–water partition coefficient (Wildman–Crippen LogP) is 1.67. The van der Waals surface area contributed by atoms with Crippen molar-refractivity contribution in [3.8, 4) is 6.07 Å². The summed E-state index contributed by atoms with van der Waals surface area (Å²) in [7, 11) is 1.77. The topological polar surface area (TPSA) is 47.3 Å². The average Bonchev–Trinajstić information content (AvgIpc) is 2.25. The highest BCUT2D eigenvalue weighted by Crippen LogP contribution is 2.22. The summed E-state index contributed by atoms with van der Waals surface area (Å²) in [5, 5.41) is 17.5. The summed E-state index contributed by atoms with van der Waals surface area (Å²) in [5.41, 5.74) is 0.908. The SMILES string of the molecule is CN(CCC#N)c1cccc(F)c1CO. The van der Waals surface area contributed by atoms with Gasteiger partial charge in [0.05, 0.1) is 19.1 Å². The van der Waals surface area contributed by atoms with Gasteiger partial charge in [-0.15, -0.1) is 0 Å². The zero-order chi connectivity index (χ0) is 11.3. The molecule has 0 aliphatic heterocycles. The van der Waals surface area contributed by atoms with Crippen LogP contribution >= 0.6 is 0 Å². The summed E-state index contributed by atoms with van der Waals surface area (Å²) in [5.74, 6) is -0.418. The van der Waals surface area contributed by atoms with E-state index in [9.17, 15) is 4.39 Å². The van der Waals surface area contributed by atoms with Crippen LogP contribution in [0.2, 0.25) is 0 Å². The molecule has 15 heavy (non-hydrogen) atoms. The van der Waals surface area contributed by atoms with E-state index < -0.39 is 5.82 Å². The first-order valence-corrected chi connectivity index (χ1v) is 4.67. The highest BCUT2D eigenvalue weighted by atomic mass is 19.1. The number of aliphatic hydroxyl groups is 1. The Morgan fingerprint density at radius 3 is 2.87 bits per heavy atom. The number of rotatable bonds is 4. The van der Waals surface area contributed by atoms with Gasteiger partial charge in [-0.1, -0.05) is 6.07 Å². The third-order valence-electron chi connectivity index (χ3n) is 2.22. The van der Waals surface area contributed by atoms with Crippen LogP contribution < -0.4 is 4.90 Å². The van der Waals surface area contributed by atoms with Crippen molar-refractivity contribution in [3.63, 3.8) is 0 Å². The molecule has 0 heterocycles. The molecule has 0 saturated carbocycles. The van der Waals surface area contributed by atoms with Crippen molar-refractivity contribution in [1.82, 2.24) is 0 Å². The molecule has 0 saturated heterocycles. The largest absolute Gasteiger partial charge is 0.391 e. The molecule has 1 N–H and O–H groups in total. The van der Waals surface area contributed by atoms with Gasteiger partial charge in [0.1, 0.15) is 5.82 Å². The predicted molar refractivity (Wildman–Crippen MR) is 55.8 cm³/mol. The van der Waals surface area contributed by atoms with Gasteiger partial charge in [0, 0.05) is 24.8 Å². The second-order valence-corrected chi connectivity index (χ2v) is 3.23. The first-order chi connectivity index (χ1) is 7.20. The number of anilines is 1. The van der Waals surface area contributed by atoms with Crippen molar-refractivity contribution in [2.45, 2.75) is 13.0 Å². The molecule has 1 aromatic carbocycles. The van der Waals surface area contributed by atoms with Crippen molar-refractivity contribution < 1.29 is 9.50 Å². The summed E-state index contributed by atoms with van der Waals surface area (Å²) in [6.07, 6.45) is 0.373. The summed E-state index contributed by atoms with van der Waals surface area (Å²) in [6, 6.07) is 6.65. The Morgan fingerprint density at radius 2 is 2.27 bits per heavy atom. The molecular formula is C11H13FN2O. The average molecular weight is 208 g/mol. The number of benzene rings is 1. The lowest BCUT2D eigenvalue weighted by Crippen LogP contribution is -2.20. The maximum atomic E-state index is 13.3.